The lowest BCUT2D eigenvalue weighted by Crippen LogP contribution is -2.21. The van der Waals surface area contributed by atoms with Crippen molar-refractivity contribution in [2.45, 2.75) is 51.9 Å². The Morgan fingerprint density at radius 3 is 2.67 bits per heavy atom. The molecule has 90 valence electrons. The summed E-state index contributed by atoms with van der Waals surface area (Å²) in [6.07, 6.45) is 10.2. The molecule has 1 saturated carbocycles. The van der Waals surface area contributed by atoms with E-state index in [0.717, 1.165) is 25.7 Å². The van der Waals surface area contributed by atoms with E-state index in [4.69, 9.17) is 4.74 Å². The molecule has 0 heterocycles. The van der Waals surface area contributed by atoms with Crippen molar-refractivity contribution < 1.29 is 4.74 Å². The average molecular weight is 213 g/mol. The predicted molar refractivity (Wildman–Crippen MR) is 65.2 cm³/mol. The van der Waals surface area contributed by atoms with Crippen LogP contribution in [0.25, 0.3) is 0 Å². The second-order valence-electron chi connectivity index (χ2n) is 4.59. The lowest BCUT2D eigenvalue weighted by molar-refractivity contribution is 0.149. The van der Waals surface area contributed by atoms with E-state index in [1.807, 2.05) is 6.92 Å². The molecule has 0 aromatic rings. The summed E-state index contributed by atoms with van der Waals surface area (Å²) in [5.41, 5.74) is 0. The zero-order valence-corrected chi connectivity index (χ0v) is 10.3. The number of ether oxygens (including phenoxy) is 1. The molecule has 2 heteroatoms. The highest BCUT2D eigenvalue weighted by atomic mass is 16.5. The van der Waals surface area contributed by atoms with Gasteiger partial charge in [0.1, 0.15) is 0 Å². The summed E-state index contributed by atoms with van der Waals surface area (Å²) in [5, 5.41) is 3.43. The molecule has 0 atom stereocenters. The number of hydrogen-bond donors (Lipinski definition) is 1. The van der Waals surface area contributed by atoms with Gasteiger partial charge in [0, 0.05) is 13.2 Å². The molecule has 1 aliphatic carbocycles. The lowest BCUT2D eigenvalue weighted by Gasteiger charge is -2.21. The van der Waals surface area contributed by atoms with E-state index in [2.05, 4.69) is 5.32 Å². The Morgan fingerprint density at radius 2 is 1.93 bits per heavy atom. The van der Waals surface area contributed by atoms with Gasteiger partial charge in [-0.25, -0.2) is 0 Å². The summed E-state index contributed by atoms with van der Waals surface area (Å²) in [7, 11) is 0. The zero-order valence-electron chi connectivity index (χ0n) is 10.3. The normalized spacial score (nSPS) is 18.2. The fraction of sp³-hybridized carbons (Fsp3) is 1.00. The molecule has 1 N–H and O–H groups in total. The maximum absolute atomic E-state index is 5.27. The Morgan fingerprint density at radius 1 is 1.13 bits per heavy atom. The SMILES string of the molecule is CCOCCNCCCC1CCCCC1. The first kappa shape index (κ1) is 13.0. The molecule has 0 radical (unpaired) electrons. The summed E-state index contributed by atoms with van der Waals surface area (Å²) in [6.45, 7) is 5.93. The maximum atomic E-state index is 5.27. The van der Waals surface area contributed by atoms with Crippen molar-refractivity contribution >= 4 is 0 Å². The van der Waals surface area contributed by atoms with Gasteiger partial charge in [-0.15, -0.1) is 0 Å². The molecular formula is C13H27NO. The highest BCUT2D eigenvalue weighted by molar-refractivity contribution is 4.66. The van der Waals surface area contributed by atoms with Crippen LogP contribution in [0.15, 0.2) is 0 Å². The molecular weight excluding hydrogens is 186 g/mol. The molecule has 0 unspecified atom stereocenters. The van der Waals surface area contributed by atoms with E-state index in [0.29, 0.717) is 0 Å². The molecule has 0 aromatic carbocycles. The number of hydrogen-bond acceptors (Lipinski definition) is 2. The monoisotopic (exact) mass is 213 g/mol. The third kappa shape index (κ3) is 6.91. The fourth-order valence-corrected chi connectivity index (χ4v) is 2.41. The molecule has 15 heavy (non-hydrogen) atoms. The summed E-state index contributed by atoms with van der Waals surface area (Å²) < 4.78 is 5.27. The first-order valence-electron chi connectivity index (χ1n) is 6.72. The third-order valence-corrected chi connectivity index (χ3v) is 3.32. The van der Waals surface area contributed by atoms with Crippen LogP contribution >= 0.6 is 0 Å². The van der Waals surface area contributed by atoms with Crippen LogP contribution < -0.4 is 5.32 Å². The van der Waals surface area contributed by atoms with E-state index in [-0.39, 0.29) is 0 Å². The van der Waals surface area contributed by atoms with Crippen LogP contribution in [0.3, 0.4) is 0 Å². The van der Waals surface area contributed by atoms with Gasteiger partial charge in [0.2, 0.25) is 0 Å². The van der Waals surface area contributed by atoms with Crippen LogP contribution in [0.4, 0.5) is 0 Å². The first-order valence-corrected chi connectivity index (χ1v) is 6.72. The van der Waals surface area contributed by atoms with Gasteiger partial charge in [-0.3, -0.25) is 0 Å². The van der Waals surface area contributed by atoms with E-state index in [9.17, 15) is 0 Å². The average Bonchev–Trinajstić information content (AvgIpc) is 2.29. The largest absolute Gasteiger partial charge is 0.380 e. The molecule has 1 fully saturated rings. The van der Waals surface area contributed by atoms with Crippen molar-refractivity contribution in [3.63, 3.8) is 0 Å². The van der Waals surface area contributed by atoms with Gasteiger partial charge in [-0.05, 0) is 32.2 Å². The summed E-state index contributed by atoms with van der Waals surface area (Å²) >= 11 is 0. The van der Waals surface area contributed by atoms with Crippen molar-refractivity contribution in [3.8, 4) is 0 Å². The molecule has 0 spiro atoms. The minimum Gasteiger partial charge on any atom is -0.380 e. The van der Waals surface area contributed by atoms with E-state index in [1.54, 1.807) is 0 Å². The molecule has 1 aliphatic rings. The number of nitrogens with one attached hydrogen (secondary N) is 1. The Hall–Kier alpha value is -0.0800. The highest BCUT2D eigenvalue weighted by Crippen LogP contribution is 2.26. The molecule has 1 rings (SSSR count). The summed E-state index contributed by atoms with van der Waals surface area (Å²) in [5.74, 6) is 1.03. The van der Waals surface area contributed by atoms with Gasteiger partial charge in [0.25, 0.3) is 0 Å². The second kappa shape index (κ2) is 9.17. The second-order valence-corrected chi connectivity index (χ2v) is 4.59. The van der Waals surface area contributed by atoms with E-state index in [1.165, 1.54) is 51.5 Å². The molecule has 0 bridgehead atoms. The lowest BCUT2D eigenvalue weighted by atomic mass is 9.86. The Balaban J connectivity index is 1.79. The van der Waals surface area contributed by atoms with Crippen molar-refractivity contribution in [1.29, 1.82) is 0 Å². The van der Waals surface area contributed by atoms with Crippen LogP contribution in [0.5, 0.6) is 0 Å². The van der Waals surface area contributed by atoms with Crippen molar-refractivity contribution in [2.75, 3.05) is 26.3 Å². The fourth-order valence-electron chi connectivity index (χ4n) is 2.41. The minimum atomic E-state index is 0.837. The first-order chi connectivity index (χ1) is 7.43. The van der Waals surface area contributed by atoms with E-state index < -0.39 is 0 Å². The van der Waals surface area contributed by atoms with Crippen molar-refractivity contribution in [1.82, 2.24) is 5.32 Å². The Bertz CT molecular complexity index is 132. The predicted octanol–water partition coefficient (Wildman–Crippen LogP) is 2.97. The van der Waals surface area contributed by atoms with Crippen LogP contribution in [0.1, 0.15) is 51.9 Å². The molecule has 0 amide bonds. The highest BCUT2D eigenvalue weighted by Gasteiger charge is 2.12. The molecule has 0 aliphatic heterocycles. The Kier molecular flexibility index (Phi) is 7.94. The van der Waals surface area contributed by atoms with E-state index >= 15 is 0 Å². The smallest absolute Gasteiger partial charge is 0.0590 e. The van der Waals surface area contributed by atoms with Crippen LogP contribution in [-0.2, 0) is 4.74 Å². The number of rotatable bonds is 8. The van der Waals surface area contributed by atoms with Crippen LogP contribution in [-0.4, -0.2) is 26.3 Å². The summed E-state index contributed by atoms with van der Waals surface area (Å²) in [4.78, 5) is 0. The van der Waals surface area contributed by atoms with Crippen molar-refractivity contribution in [2.24, 2.45) is 5.92 Å². The van der Waals surface area contributed by atoms with Gasteiger partial charge in [-0.1, -0.05) is 32.1 Å². The quantitative estimate of drug-likeness (QED) is 0.626. The standard InChI is InChI=1S/C13H27NO/c1-2-15-12-11-14-10-6-9-13-7-4-3-5-8-13/h13-14H,2-12H2,1H3. The zero-order chi connectivity index (χ0) is 10.8. The van der Waals surface area contributed by atoms with Gasteiger partial charge in [0.05, 0.1) is 6.61 Å². The summed E-state index contributed by atoms with van der Waals surface area (Å²) in [6, 6.07) is 0. The molecule has 0 saturated heterocycles. The van der Waals surface area contributed by atoms with Crippen LogP contribution in [0, 0.1) is 5.92 Å². The van der Waals surface area contributed by atoms with Crippen LogP contribution in [0.2, 0.25) is 0 Å². The van der Waals surface area contributed by atoms with Gasteiger partial charge in [-0.2, -0.15) is 0 Å². The van der Waals surface area contributed by atoms with Gasteiger partial charge in [0.15, 0.2) is 0 Å². The topological polar surface area (TPSA) is 21.3 Å². The minimum absolute atomic E-state index is 0.837. The van der Waals surface area contributed by atoms with Crippen molar-refractivity contribution in [3.05, 3.63) is 0 Å². The maximum Gasteiger partial charge on any atom is 0.0590 e. The third-order valence-electron chi connectivity index (χ3n) is 3.32. The van der Waals surface area contributed by atoms with Gasteiger partial charge < -0.3 is 10.1 Å². The molecule has 2 nitrogen and oxygen atoms in total. The Labute approximate surface area is 94.8 Å². The van der Waals surface area contributed by atoms with Gasteiger partial charge >= 0.3 is 0 Å². The molecule has 0 aromatic heterocycles.